The van der Waals surface area contributed by atoms with Crippen molar-refractivity contribution in [1.82, 2.24) is 5.43 Å². The van der Waals surface area contributed by atoms with Crippen LogP contribution in [0, 0.1) is 13.8 Å². The highest BCUT2D eigenvalue weighted by Gasteiger charge is 2.06. The van der Waals surface area contributed by atoms with Crippen molar-refractivity contribution in [2.45, 2.75) is 34.1 Å². The zero-order valence-corrected chi connectivity index (χ0v) is 15.8. The number of ether oxygens (including phenoxy) is 2. The van der Waals surface area contributed by atoms with Crippen molar-refractivity contribution < 1.29 is 14.3 Å². The fourth-order valence-electron chi connectivity index (χ4n) is 2.47. The Morgan fingerprint density at radius 3 is 2.42 bits per heavy atom. The summed E-state index contributed by atoms with van der Waals surface area (Å²) < 4.78 is 11.1. The maximum absolute atomic E-state index is 12.0. The molecule has 1 amide bonds. The maximum atomic E-state index is 12.0. The van der Waals surface area contributed by atoms with E-state index < -0.39 is 0 Å². The Hall–Kier alpha value is -2.82. The first kappa shape index (κ1) is 19.5. The minimum atomic E-state index is -0.152. The largest absolute Gasteiger partial charge is 0.490 e. The molecule has 138 valence electrons. The quantitative estimate of drug-likeness (QED) is 0.579. The van der Waals surface area contributed by atoms with Crippen LogP contribution in [0.4, 0.5) is 0 Å². The van der Waals surface area contributed by atoms with Gasteiger partial charge in [-0.05, 0) is 68.1 Å². The van der Waals surface area contributed by atoms with Gasteiger partial charge >= 0.3 is 0 Å². The molecule has 1 N–H and O–H groups in total. The molecule has 26 heavy (non-hydrogen) atoms. The second-order valence-electron chi connectivity index (χ2n) is 5.96. The number of nitrogens with zero attached hydrogens (tertiary/aromatic N) is 1. The number of aryl methyl sites for hydroxylation is 2. The van der Waals surface area contributed by atoms with Crippen molar-refractivity contribution in [2.24, 2.45) is 5.10 Å². The molecule has 2 rings (SSSR count). The first-order valence-electron chi connectivity index (χ1n) is 8.81. The highest BCUT2D eigenvalue weighted by molar-refractivity contribution is 5.84. The fourth-order valence-corrected chi connectivity index (χ4v) is 2.47. The summed E-state index contributed by atoms with van der Waals surface area (Å²) >= 11 is 0. The van der Waals surface area contributed by atoms with Crippen LogP contribution < -0.4 is 14.9 Å². The Morgan fingerprint density at radius 1 is 1.00 bits per heavy atom. The van der Waals surface area contributed by atoms with Crippen molar-refractivity contribution in [3.63, 3.8) is 0 Å². The van der Waals surface area contributed by atoms with Crippen LogP contribution in [0.1, 0.15) is 36.1 Å². The molecule has 5 nitrogen and oxygen atoms in total. The smallest absolute Gasteiger partial charge is 0.244 e. The molecule has 2 aromatic carbocycles. The number of hydrogen-bond acceptors (Lipinski definition) is 4. The van der Waals surface area contributed by atoms with E-state index in [1.165, 1.54) is 11.1 Å². The molecule has 0 aliphatic carbocycles. The normalized spacial score (nSPS) is 10.8. The Balaban J connectivity index is 1.97. The highest BCUT2D eigenvalue weighted by atomic mass is 16.5. The van der Waals surface area contributed by atoms with Crippen molar-refractivity contribution in [3.8, 4) is 11.5 Å². The Morgan fingerprint density at radius 2 is 1.73 bits per heavy atom. The van der Waals surface area contributed by atoms with Crippen LogP contribution in [0.3, 0.4) is 0 Å². The van der Waals surface area contributed by atoms with E-state index in [0.717, 1.165) is 11.1 Å². The van der Waals surface area contributed by atoms with E-state index in [-0.39, 0.29) is 5.91 Å². The van der Waals surface area contributed by atoms with Gasteiger partial charge in [0.15, 0.2) is 11.5 Å². The molecule has 2 aromatic rings. The van der Waals surface area contributed by atoms with Gasteiger partial charge in [-0.15, -0.1) is 0 Å². The third kappa shape index (κ3) is 5.62. The van der Waals surface area contributed by atoms with Crippen molar-refractivity contribution in [1.29, 1.82) is 0 Å². The molecular formula is C21H26N2O3. The highest BCUT2D eigenvalue weighted by Crippen LogP contribution is 2.27. The van der Waals surface area contributed by atoms with Crippen LogP contribution in [-0.2, 0) is 11.2 Å². The zero-order chi connectivity index (χ0) is 18.9. The summed E-state index contributed by atoms with van der Waals surface area (Å²) in [5.41, 5.74) is 6.75. The van der Waals surface area contributed by atoms with E-state index in [0.29, 0.717) is 31.1 Å². The molecule has 0 heterocycles. The van der Waals surface area contributed by atoms with Crippen molar-refractivity contribution >= 4 is 12.1 Å². The van der Waals surface area contributed by atoms with Gasteiger partial charge in [0.25, 0.3) is 0 Å². The second-order valence-corrected chi connectivity index (χ2v) is 5.96. The van der Waals surface area contributed by atoms with Crippen molar-refractivity contribution in [2.75, 3.05) is 13.2 Å². The predicted octanol–water partition coefficient (Wildman–Crippen LogP) is 3.79. The average molecular weight is 354 g/mol. The van der Waals surface area contributed by atoms with E-state index in [9.17, 15) is 4.79 Å². The van der Waals surface area contributed by atoms with Gasteiger partial charge in [-0.3, -0.25) is 4.79 Å². The van der Waals surface area contributed by atoms with Gasteiger partial charge in [-0.25, -0.2) is 5.43 Å². The third-order valence-corrected chi connectivity index (χ3v) is 3.91. The topological polar surface area (TPSA) is 59.9 Å². The minimum absolute atomic E-state index is 0.152. The van der Waals surface area contributed by atoms with Crippen molar-refractivity contribution in [3.05, 3.63) is 58.7 Å². The SMILES string of the molecule is CCOc1ccc(/C=N/NC(=O)Cc2ccc(C)c(C)c2)cc1OCC. The number of amides is 1. The Kier molecular flexibility index (Phi) is 7.21. The first-order valence-corrected chi connectivity index (χ1v) is 8.81. The molecule has 0 spiro atoms. The lowest BCUT2D eigenvalue weighted by Gasteiger charge is -2.11. The molecule has 0 aliphatic rings. The van der Waals surface area contributed by atoms with Gasteiger partial charge in [-0.1, -0.05) is 18.2 Å². The minimum Gasteiger partial charge on any atom is -0.490 e. The summed E-state index contributed by atoms with van der Waals surface area (Å²) in [4.78, 5) is 12.0. The number of carbonyl (C=O) groups is 1. The number of nitrogens with one attached hydrogen (secondary N) is 1. The lowest BCUT2D eigenvalue weighted by molar-refractivity contribution is -0.120. The summed E-state index contributed by atoms with van der Waals surface area (Å²) in [5, 5.41) is 4.03. The average Bonchev–Trinajstić information content (AvgIpc) is 2.61. The van der Waals surface area contributed by atoms with Crippen LogP contribution in [0.2, 0.25) is 0 Å². The van der Waals surface area contributed by atoms with E-state index in [2.05, 4.69) is 17.5 Å². The summed E-state index contributed by atoms with van der Waals surface area (Å²) in [6, 6.07) is 11.6. The van der Waals surface area contributed by atoms with Crippen LogP contribution in [0.15, 0.2) is 41.5 Å². The molecule has 0 atom stereocenters. The number of rotatable bonds is 8. The summed E-state index contributed by atoms with van der Waals surface area (Å²) in [7, 11) is 0. The molecule has 5 heteroatoms. The predicted molar refractivity (Wildman–Crippen MR) is 104 cm³/mol. The molecule has 0 fully saturated rings. The van der Waals surface area contributed by atoms with Crippen LogP contribution >= 0.6 is 0 Å². The van der Waals surface area contributed by atoms with Crippen LogP contribution in [0.5, 0.6) is 11.5 Å². The lowest BCUT2D eigenvalue weighted by atomic mass is 10.0. The lowest BCUT2D eigenvalue weighted by Crippen LogP contribution is -2.19. The molecule has 0 unspecified atom stereocenters. The number of hydrogen-bond donors (Lipinski definition) is 1. The number of hydrazone groups is 1. The molecular weight excluding hydrogens is 328 g/mol. The number of benzene rings is 2. The summed E-state index contributed by atoms with van der Waals surface area (Å²) in [6.07, 6.45) is 1.89. The van der Waals surface area contributed by atoms with Gasteiger partial charge in [0.05, 0.1) is 25.8 Å². The summed E-state index contributed by atoms with van der Waals surface area (Å²) in [6.45, 7) is 9.06. The van der Waals surface area contributed by atoms with Gasteiger partial charge in [0, 0.05) is 0 Å². The first-order chi connectivity index (χ1) is 12.5. The second kappa shape index (κ2) is 9.61. The van der Waals surface area contributed by atoms with Crippen LogP contribution in [-0.4, -0.2) is 25.3 Å². The van der Waals surface area contributed by atoms with Gasteiger partial charge < -0.3 is 9.47 Å². The number of carbonyl (C=O) groups excluding carboxylic acids is 1. The molecule has 0 bridgehead atoms. The van der Waals surface area contributed by atoms with Gasteiger partial charge in [0.1, 0.15) is 0 Å². The van der Waals surface area contributed by atoms with E-state index in [1.54, 1.807) is 6.21 Å². The Bertz CT molecular complexity index is 785. The molecule has 0 saturated heterocycles. The Labute approximate surface area is 155 Å². The van der Waals surface area contributed by atoms with E-state index in [1.807, 2.05) is 57.2 Å². The van der Waals surface area contributed by atoms with E-state index >= 15 is 0 Å². The van der Waals surface area contributed by atoms with Gasteiger partial charge in [-0.2, -0.15) is 5.10 Å². The maximum Gasteiger partial charge on any atom is 0.244 e. The van der Waals surface area contributed by atoms with Gasteiger partial charge in [0.2, 0.25) is 5.91 Å². The third-order valence-electron chi connectivity index (χ3n) is 3.91. The van der Waals surface area contributed by atoms with Crippen LogP contribution in [0.25, 0.3) is 0 Å². The standard InChI is InChI=1S/C21H26N2O3/c1-5-25-19-10-9-18(12-20(19)26-6-2)14-22-23-21(24)13-17-8-7-15(3)16(4)11-17/h7-12,14H,5-6,13H2,1-4H3,(H,23,24)/b22-14+. The molecule has 0 radical (unpaired) electrons. The zero-order valence-electron chi connectivity index (χ0n) is 15.8. The molecule has 0 saturated carbocycles. The van der Waals surface area contributed by atoms with E-state index in [4.69, 9.17) is 9.47 Å². The molecule has 0 aliphatic heterocycles. The monoisotopic (exact) mass is 354 g/mol. The molecule has 0 aromatic heterocycles. The fraction of sp³-hybridized carbons (Fsp3) is 0.333. The summed E-state index contributed by atoms with van der Waals surface area (Å²) in [5.74, 6) is 1.21.